The summed E-state index contributed by atoms with van der Waals surface area (Å²) in [4.78, 5) is 32.4. The number of rotatable bonds is 10. The van der Waals surface area contributed by atoms with Crippen LogP contribution in [-0.4, -0.2) is 37.0 Å². The number of nitrogens with zero attached hydrogens (tertiary/aromatic N) is 2. The molecule has 1 unspecified atom stereocenters. The highest BCUT2D eigenvalue weighted by Crippen LogP contribution is 2.36. The summed E-state index contributed by atoms with van der Waals surface area (Å²) in [5.41, 5.74) is 2.02. The van der Waals surface area contributed by atoms with E-state index in [4.69, 9.17) is 18.9 Å². The second kappa shape index (κ2) is 12.6. The zero-order valence-corrected chi connectivity index (χ0v) is 24.8. The van der Waals surface area contributed by atoms with Crippen LogP contribution in [0.2, 0.25) is 0 Å². The van der Waals surface area contributed by atoms with E-state index in [9.17, 15) is 9.59 Å². The Hall–Kier alpha value is -3.85. The van der Waals surface area contributed by atoms with Crippen LogP contribution in [0.3, 0.4) is 0 Å². The van der Waals surface area contributed by atoms with Crippen molar-refractivity contribution in [3.63, 3.8) is 0 Å². The number of hydrogen-bond acceptors (Lipinski definition) is 8. The standard InChI is InChI=1S/C31H36N2O6S/c1-8-37-30(35)27-20(6)32-31-33(28(27)22-11-9-10-12-23(22)39-19(4)5)29(34)26(40-31)16-21-13-14-24(25(15-21)36-7)38-17-18(2)3/h9-16,18-19,28H,8,17H2,1-7H3/b26-16-. The molecule has 0 bridgehead atoms. The lowest BCUT2D eigenvalue weighted by molar-refractivity contribution is -0.139. The van der Waals surface area contributed by atoms with E-state index in [-0.39, 0.29) is 18.3 Å². The molecule has 2 heterocycles. The van der Waals surface area contributed by atoms with E-state index in [2.05, 4.69) is 18.8 Å². The number of hydrogen-bond donors (Lipinski definition) is 0. The maximum atomic E-state index is 14.0. The predicted molar refractivity (Wildman–Crippen MR) is 156 cm³/mol. The molecule has 2 aromatic carbocycles. The number of allylic oxidation sites excluding steroid dienone is 1. The van der Waals surface area contributed by atoms with Gasteiger partial charge in [-0.1, -0.05) is 49.4 Å². The fourth-order valence-corrected chi connectivity index (χ4v) is 5.50. The van der Waals surface area contributed by atoms with Crippen molar-refractivity contribution in [2.75, 3.05) is 20.3 Å². The first kappa shape index (κ1) is 29.1. The lowest BCUT2D eigenvalue weighted by atomic mass is 9.95. The van der Waals surface area contributed by atoms with Crippen molar-refractivity contribution in [1.82, 2.24) is 4.57 Å². The number of ether oxygens (including phenoxy) is 4. The van der Waals surface area contributed by atoms with Gasteiger partial charge in [-0.25, -0.2) is 9.79 Å². The lowest BCUT2D eigenvalue weighted by Crippen LogP contribution is -2.40. The van der Waals surface area contributed by atoms with E-state index < -0.39 is 12.0 Å². The van der Waals surface area contributed by atoms with Gasteiger partial charge in [0, 0.05) is 5.56 Å². The second-order valence-electron chi connectivity index (χ2n) is 10.1. The first-order valence-corrected chi connectivity index (χ1v) is 14.2. The minimum Gasteiger partial charge on any atom is -0.493 e. The SMILES string of the molecule is CCOC(=O)C1=C(C)N=c2s/c(=C\c3ccc(OCC(C)C)c(OC)c3)c(=O)n2C1c1ccccc1OC(C)C. The molecule has 0 spiro atoms. The van der Waals surface area contributed by atoms with Gasteiger partial charge in [-0.3, -0.25) is 9.36 Å². The number of fused-ring (bicyclic) bond motifs is 1. The van der Waals surface area contributed by atoms with Crippen molar-refractivity contribution in [3.05, 3.63) is 84.5 Å². The van der Waals surface area contributed by atoms with E-state index in [0.29, 0.717) is 55.9 Å². The van der Waals surface area contributed by atoms with Crippen LogP contribution >= 0.6 is 11.3 Å². The van der Waals surface area contributed by atoms with Crippen molar-refractivity contribution in [1.29, 1.82) is 0 Å². The number of esters is 1. The van der Waals surface area contributed by atoms with Gasteiger partial charge in [0.2, 0.25) is 0 Å². The number of para-hydroxylation sites is 1. The van der Waals surface area contributed by atoms with Crippen LogP contribution in [-0.2, 0) is 9.53 Å². The smallest absolute Gasteiger partial charge is 0.338 e. The molecule has 9 heteroatoms. The average molecular weight is 565 g/mol. The van der Waals surface area contributed by atoms with Gasteiger partial charge in [0.05, 0.1) is 42.2 Å². The highest BCUT2D eigenvalue weighted by atomic mass is 32.1. The lowest BCUT2D eigenvalue weighted by Gasteiger charge is -2.26. The maximum Gasteiger partial charge on any atom is 0.338 e. The summed E-state index contributed by atoms with van der Waals surface area (Å²) in [5, 5.41) is 0. The number of benzene rings is 2. The normalized spacial score (nSPS) is 15.2. The van der Waals surface area contributed by atoms with Gasteiger partial charge < -0.3 is 18.9 Å². The molecule has 1 aliphatic rings. The van der Waals surface area contributed by atoms with Crippen LogP contribution in [0.4, 0.5) is 0 Å². The van der Waals surface area contributed by atoms with Crippen molar-refractivity contribution in [2.45, 2.75) is 53.7 Å². The fraction of sp³-hybridized carbons (Fsp3) is 0.387. The largest absolute Gasteiger partial charge is 0.493 e. The Kier molecular flexibility index (Phi) is 9.14. The van der Waals surface area contributed by atoms with E-state index in [1.54, 1.807) is 31.6 Å². The predicted octanol–water partition coefficient (Wildman–Crippen LogP) is 4.63. The Labute approximate surface area is 238 Å². The van der Waals surface area contributed by atoms with Gasteiger partial charge in [-0.05, 0) is 63.5 Å². The minimum absolute atomic E-state index is 0.101. The maximum absolute atomic E-state index is 14.0. The molecule has 8 nitrogen and oxygen atoms in total. The summed E-state index contributed by atoms with van der Waals surface area (Å²) >= 11 is 1.27. The van der Waals surface area contributed by atoms with Crippen LogP contribution in [0.15, 0.2) is 63.5 Å². The first-order chi connectivity index (χ1) is 19.1. The van der Waals surface area contributed by atoms with Crippen molar-refractivity contribution < 1.29 is 23.7 Å². The van der Waals surface area contributed by atoms with Crippen LogP contribution < -0.4 is 29.1 Å². The quantitative estimate of drug-likeness (QED) is 0.334. The molecular weight excluding hydrogens is 528 g/mol. The van der Waals surface area contributed by atoms with E-state index >= 15 is 0 Å². The Morgan fingerprint density at radius 3 is 2.52 bits per heavy atom. The van der Waals surface area contributed by atoms with Crippen molar-refractivity contribution >= 4 is 23.4 Å². The molecule has 0 aliphatic carbocycles. The minimum atomic E-state index is -0.756. The molecule has 1 atom stereocenters. The second-order valence-corrected chi connectivity index (χ2v) is 11.1. The zero-order chi connectivity index (χ0) is 29.0. The van der Waals surface area contributed by atoms with Gasteiger partial charge in [0.15, 0.2) is 16.3 Å². The van der Waals surface area contributed by atoms with Gasteiger partial charge in [-0.2, -0.15) is 0 Å². The average Bonchev–Trinajstić information content (AvgIpc) is 3.21. The van der Waals surface area contributed by atoms with Gasteiger partial charge in [-0.15, -0.1) is 0 Å². The van der Waals surface area contributed by atoms with Crippen LogP contribution in [0, 0.1) is 5.92 Å². The summed E-state index contributed by atoms with van der Waals surface area (Å²) in [7, 11) is 1.59. The number of thiazole rings is 1. The monoisotopic (exact) mass is 564 g/mol. The number of methoxy groups -OCH3 is 1. The van der Waals surface area contributed by atoms with Gasteiger partial charge in [0.25, 0.3) is 5.56 Å². The third-order valence-electron chi connectivity index (χ3n) is 6.15. The molecular formula is C31H36N2O6S. The van der Waals surface area contributed by atoms with Gasteiger partial charge in [0.1, 0.15) is 11.8 Å². The summed E-state index contributed by atoms with van der Waals surface area (Å²) in [5.74, 6) is 1.68. The fourth-order valence-electron chi connectivity index (χ4n) is 4.45. The molecule has 40 heavy (non-hydrogen) atoms. The highest BCUT2D eigenvalue weighted by molar-refractivity contribution is 7.07. The molecule has 0 N–H and O–H groups in total. The Morgan fingerprint density at radius 1 is 1.10 bits per heavy atom. The zero-order valence-electron chi connectivity index (χ0n) is 24.0. The van der Waals surface area contributed by atoms with Gasteiger partial charge >= 0.3 is 5.97 Å². The Bertz CT molecular complexity index is 1600. The third kappa shape index (κ3) is 6.14. The topological polar surface area (TPSA) is 88.4 Å². The molecule has 0 fully saturated rings. The molecule has 4 rings (SSSR count). The molecule has 0 saturated carbocycles. The Morgan fingerprint density at radius 2 is 1.85 bits per heavy atom. The summed E-state index contributed by atoms with van der Waals surface area (Å²) in [6.45, 7) is 12.3. The van der Waals surface area contributed by atoms with Crippen molar-refractivity contribution in [2.24, 2.45) is 10.9 Å². The summed E-state index contributed by atoms with van der Waals surface area (Å²) < 4.78 is 25.0. The van der Waals surface area contributed by atoms with E-state index in [1.807, 2.05) is 56.3 Å². The van der Waals surface area contributed by atoms with Crippen LogP contribution in [0.25, 0.3) is 6.08 Å². The number of aromatic nitrogens is 1. The summed E-state index contributed by atoms with van der Waals surface area (Å²) in [6, 6.07) is 12.3. The van der Waals surface area contributed by atoms with Crippen LogP contribution in [0.5, 0.6) is 17.2 Å². The number of carbonyl (C=O) groups excluding carboxylic acids is 1. The van der Waals surface area contributed by atoms with E-state index in [1.165, 1.54) is 11.3 Å². The van der Waals surface area contributed by atoms with E-state index in [0.717, 1.165) is 5.56 Å². The highest BCUT2D eigenvalue weighted by Gasteiger charge is 2.35. The molecule has 0 amide bonds. The van der Waals surface area contributed by atoms with Crippen molar-refractivity contribution in [3.8, 4) is 17.2 Å². The molecule has 1 aliphatic heterocycles. The molecule has 212 valence electrons. The molecule has 0 saturated heterocycles. The molecule has 1 aromatic heterocycles. The first-order valence-electron chi connectivity index (χ1n) is 13.4. The Balaban J connectivity index is 1.88. The summed E-state index contributed by atoms with van der Waals surface area (Å²) in [6.07, 6.45) is 1.70. The third-order valence-corrected chi connectivity index (χ3v) is 7.13. The van der Waals surface area contributed by atoms with Crippen LogP contribution in [0.1, 0.15) is 58.7 Å². The molecule has 3 aromatic rings. The number of carbonyl (C=O) groups is 1. The molecule has 0 radical (unpaired) electrons.